The van der Waals surface area contributed by atoms with Gasteiger partial charge < -0.3 is 15.9 Å². The van der Waals surface area contributed by atoms with E-state index in [9.17, 15) is 15.0 Å². The first-order chi connectivity index (χ1) is 9.06. The average molecular weight is 257 g/mol. The zero-order valence-electron chi connectivity index (χ0n) is 10.3. The number of aliphatic carboxylic acids is 1. The van der Waals surface area contributed by atoms with Crippen LogP contribution >= 0.6 is 0 Å². The number of carboxylic acid groups (broad SMARTS) is 1. The molecule has 0 unspecified atom stereocenters. The van der Waals surface area contributed by atoms with Crippen molar-refractivity contribution in [2.24, 2.45) is 0 Å². The van der Waals surface area contributed by atoms with E-state index >= 15 is 0 Å². The molecule has 98 valence electrons. The molecule has 0 spiro atoms. The molecular formula is C15H15NO3. The molecule has 0 fully saturated rings. The first kappa shape index (κ1) is 13.0. The summed E-state index contributed by atoms with van der Waals surface area (Å²) in [5.41, 5.74) is 7.68. The van der Waals surface area contributed by atoms with Gasteiger partial charge in [0.15, 0.2) is 0 Å². The van der Waals surface area contributed by atoms with Crippen molar-refractivity contribution in [2.75, 3.05) is 5.73 Å². The zero-order valence-corrected chi connectivity index (χ0v) is 10.3. The lowest BCUT2D eigenvalue weighted by Crippen LogP contribution is -2.14. The van der Waals surface area contributed by atoms with Gasteiger partial charge in [0.05, 0.1) is 5.92 Å². The maximum atomic E-state index is 11.4. The molecule has 0 aromatic heterocycles. The number of rotatable bonds is 4. The van der Waals surface area contributed by atoms with Gasteiger partial charge in [0, 0.05) is 5.69 Å². The number of benzene rings is 2. The summed E-state index contributed by atoms with van der Waals surface area (Å²) in [7, 11) is 0. The van der Waals surface area contributed by atoms with Crippen LogP contribution in [-0.2, 0) is 11.2 Å². The van der Waals surface area contributed by atoms with Crippen LogP contribution in [0.5, 0.6) is 5.75 Å². The van der Waals surface area contributed by atoms with Crippen molar-refractivity contribution in [3.63, 3.8) is 0 Å². The summed E-state index contributed by atoms with van der Waals surface area (Å²) in [5, 5.41) is 18.7. The fourth-order valence-corrected chi connectivity index (χ4v) is 2.00. The molecule has 4 heteroatoms. The van der Waals surface area contributed by atoms with Gasteiger partial charge in [-0.05, 0) is 41.8 Å². The molecule has 4 nitrogen and oxygen atoms in total. The minimum Gasteiger partial charge on any atom is -0.508 e. The molecule has 0 aliphatic rings. The van der Waals surface area contributed by atoms with Crippen LogP contribution in [-0.4, -0.2) is 16.2 Å². The highest BCUT2D eigenvalue weighted by molar-refractivity contribution is 5.76. The molecule has 2 rings (SSSR count). The van der Waals surface area contributed by atoms with Crippen LogP contribution in [0.2, 0.25) is 0 Å². The van der Waals surface area contributed by atoms with E-state index in [1.54, 1.807) is 48.5 Å². The Morgan fingerprint density at radius 1 is 1.16 bits per heavy atom. The number of phenolic OH excluding ortho intramolecular Hbond substituents is 1. The van der Waals surface area contributed by atoms with Crippen molar-refractivity contribution in [2.45, 2.75) is 12.3 Å². The Hall–Kier alpha value is -2.49. The molecule has 0 saturated heterocycles. The second-order valence-corrected chi connectivity index (χ2v) is 4.43. The van der Waals surface area contributed by atoms with Crippen molar-refractivity contribution in [3.05, 3.63) is 59.7 Å². The van der Waals surface area contributed by atoms with E-state index in [1.807, 2.05) is 0 Å². The van der Waals surface area contributed by atoms with E-state index in [0.29, 0.717) is 17.7 Å². The van der Waals surface area contributed by atoms with Crippen molar-refractivity contribution in [1.82, 2.24) is 0 Å². The first-order valence-electron chi connectivity index (χ1n) is 5.92. The number of hydrogen-bond acceptors (Lipinski definition) is 3. The smallest absolute Gasteiger partial charge is 0.311 e. The molecule has 2 aromatic carbocycles. The van der Waals surface area contributed by atoms with Crippen molar-refractivity contribution >= 4 is 11.7 Å². The minimum absolute atomic E-state index is 0.138. The maximum Gasteiger partial charge on any atom is 0.311 e. The van der Waals surface area contributed by atoms with Crippen molar-refractivity contribution in [3.8, 4) is 5.75 Å². The number of nitrogen functional groups attached to an aromatic ring is 1. The molecule has 0 radical (unpaired) electrons. The fourth-order valence-electron chi connectivity index (χ4n) is 2.00. The Bertz CT molecular complexity index is 578. The van der Waals surface area contributed by atoms with Crippen LogP contribution in [0.1, 0.15) is 17.0 Å². The lowest BCUT2D eigenvalue weighted by Gasteiger charge is -2.13. The van der Waals surface area contributed by atoms with E-state index in [2.05, 4.69) is 0 Å². The quantitative estimate of drug-likeness (QED) is 0.734. The first-order valence-corrected chi connectivity index (χ1v) is 5.92. The lowest BCUT2D eigenvalue weighted by atomic mass is 9.92. The second kappa shape index (κ2) is 5.44. The standard InChI is InChI=1S/C15H15NO3/c16-12-6-4-11(5-7-12)14(15(18)19)9-10-2-1-3-13(17)8-10/h1-8,14,17H,9,16H2,(H,18,19)/t14-/m0/s1. The maximum absolute atomic E-state index is 11.4. The molecule has 0 amide bonds. The molecule has 0 saturated carbocycles. The van der Waals surface area contributed by atoms with Gasteiger partial charge >= 0.3 is 5.97 Å². The number of carboxylic acids is 1. The molecule has 0 aliphatic carbocycles. The van der Waals surface area contributed by atoms with E-state index in [4.69, 9.17) is 5.73 Å². The minimum atomic E-state index is -0.895. The highest BCUT2D eigenvalue weighted by Crippen LogP contribution is 2.24. The average Bonchev–Trinajstić information content (AvgIpc) is 2.37. The SMILES string of the molecule is Nc1ccc([C@H](Cc2cccc(O)c2)C(=O)O)cc1. The number of carbonyl (C=O) groups is 1. The number of anilines is 1. The number of nitrogens with two attached hydrogens (primary N) is 1. The predicted octanol–water partition coefficient (Wildman–Crippen LogP) is 2.39. The van der Waals surface area contributed by atoms with Crippen LogP contribution in [0.4, 0.5) is 5.69 Å². The van der Waals surface area contributed by atoms with Gasteiger partial charge in [0.2, 0.25) is 0 Å². The number of phenols is 1. The Kier molecular flexibility index (Phi) is 3.71. The third-order valence-corrected chi connectivity index (χ3v) is 2.99. The van der Waals surface area contributed by atoms with Crippen molar-refractivity contribution in [1.29, 1.82) is 0 Å². The largest absolute Gasteiger partial charge is 0.508 e. The molecule has 1 atom stereocenters. The van der Waals surface area contributed by atoms with Gasteiger partial charge in [0.1, 0.15) is 5.75 Å². The second-order valence-electron chi connectivity index (χ2n) is 4.43. The van der Waals surface area contributed by atoms with Gasteiger partial charge in [-0.1, -0.05) is 24.3 Å². The Labute approximate surface area is 111 Å². The summed E-state index contributed by atoms with van der Waals surface area (Å²) in [4.78, 5) is 11.4. The highest BCUT2D eigenvalue weighted by Gasteiger charge is 2.20. The van der Waals surface area contributed by atoms with Crippen LogP contribution in [0, 0.1) is 0 Å². The summed E-state index contributed by atoms with van der Waals surface area (Å²) >= 11 is 0. The van der Waals surface area contributed by atoms with E-state index in [-0.39, 0.29) is 5.75 Å². The van der Waals surface area contributed by atoms with Crippen molar-refractivity contribution < 1.29 is 15.0 Å². The summed E-state index contributed by atoms with van der Waals surface area (Å²) < 4.78 is 0. The Morgan fingerprint density at radius 2 is 1.84 bits per heavy atom. The van der Waals surface area contributed by atoms with E-state index in [1.165, 1.54) is 0 Å². The van der Waals surface area contributed by atoms with Gasteiger partial charge in [-0.25, -0.2) is 0 Å². The summed E-state index contributed by atoms with van der Waals surface area (Å²) in [6.07, 6.45) is 0.327. The monoisotopic (exact) mass is 257 g/mol. The Morgan fingerprint density at radius 3 is 2.42 bits per heavy atom. The van der Waals surface area contributed by atoms with Gasteiger partial charge in [-0.15, -0.1) is 0 Å². The molecule has 19 heavy (non-hydrogen) atoms. The fraction of sp³-hybridized carbons (Fsp3) is 0.133. The van der Waals surface area contributed by atoms with Gasteiger partial charge in [0.25, 0.3) is 0 Å². The third-order valence-electron chi connectivity index (χ3n) is 2.99. The number of aromatic hydroxyl groups is 1. The molecule has 2 aromatic rings. The highest BCUT2D eigenvalue weighted by atomic mass is 16.4. The normalized spacial score (nSPS) is 12.0. The molecule has 0 bridgehead atoms. The number of hydrogen-bond donors (Lipinski definition) is 3. The van der Waals surface area contributed by atoms with Crippen LogP contribution < -0.4 is 5.73 Å². The van der Waals surface area contributed by atoms with Crippen LogP contribution in [0.25, 0.3) is 0 Å². The molecular weight excluding hydrogens is 242 g/mol. The molecule has 4 N–H and O–H groups in total. The zero-order chi connectivity index (χ0) is 13.8. The topological polar surface area (TPSA) is 83.5 Å². The van der Waals surface area contributed by atoms with E-state index in [0.717, 1.165) is 5.56 Å². The predicted molar refractivity (Wildman–Crippen MR) is 73.0 cm³/mol. The molecule has 0 aliphatic heterocycles. The summed E-state index contributed by atoms with van der Waals surface area (Å²) in [5.74, 6) is -1.41. The third kappa shape index (κ3) is 3.25. The van der Waals surface area contributed by atoms with Gasteiger partial charge in [-0.3, -0.25) is 4.79 Å². The molecule has 0 heterocycles. The van der Waals surface area contributed by atoms with Gasteiger partial charge in [-0.2, -0.15) is 0 Å². The summed E-state index contributed by atoms with van der Waals surface area (Å²) in [6, 6.07) is 13.4. The van der Waals surface area contributed by atoms with E-state index < -0.39 is 11.9 Å². The lowest BCUT2D eigenvalue weighted by molar-refractivity contribution is -0.138. The Balaban J connectivity index is 2.26. The van der Waals surface area contributed by atoms with Crippen LogP contribution in [0.15, 0.2) is 48.5 Å². The summed E-state index contributed by atoms with van der Waals surface area (Å²) in [6.45, 7) is 0. The van der Waals surface area contributed by atoms with Crippen LogP contribution in [0.3, 0.4) is 0 Å².